The first-order valence-corrected chi connectivity index (χ1v) is 18.9. The van der Waals surface area contributed by atoms with Crippen LogP contribution in [-0.4, -0.2) is 63.1 Å². The number of halogens is 5. The zero-order chi connectivity index (χ0) is 39.1. The first kappa shape index (κ1) is 42.6. The van der Waals surface area contributed by atoms with E-state index in [9.17, 15) is 13.2 Å². The van der Waals surface area contributed by atoms with E-state index < -0.39 is 28.9 Å². The number of piperidine rings is 1. The number of anilines is 2. The number of hydrogen-bond donors (Lipinski definition) is 1. The molecule has 0 aliphatic carbocycles. The van der Waals surface area contributed by atoms with Gasteiger partial charge in [-0.2, -0.15) is 13.2 Å². The summed E-state index contributed by atoms with van der Waals surface area (Å²) in [5.74, 6) is 0.147. The summed E-state index contributed by atoms with van der Waals surface area (Å²) in [5.41, 5.74) is 0.607. The fraction of sp³-hybridized carbons (Fsp3) is 0.450. The lowest BCUT2D eigenvalue weighted by Gasteiger charge is -2.44. The Hall–Kier alpha value is -4.14. The average molecular weight is 776 g/mol. The van der Waals surface area contributed by atoms with Crippen molar-refractivity contribution in [3.63, 3.8) is 0 Å². The van der Waals surface area contributed by atoms with Crippen molar-refractivity contribution in [2.75, 3.05) is 56.8 Å². The van der Waals surface area contributed by atoms with Crippen molar-refractivity contribution in [1.29, 1.82) is 0 Å². The van der Waals surface area contributed by atoms with Crippen LogP contribution in [0, 0.1) is 11.6 Å². The molecule has 3 heterocycles. The summed E-state index contributed by atoms with van der Waals surface area (Å²) in [4.78, 5) is 10.0. The summed E-state index contributed by atoms with van der Waals surface area (Å²) < 4.78 is 88.8. The standard InChI is InChI=1S/C34H36F5N5O2S.C4H8O.C2H6/c1-40-33(13-10-23-6-4-7-25(16-23)34(37,38)39)12-5-15-43(21-33)26-17-28(35)32(29(36)18-26)47-44(31-11-14-41-22-42-31)20-24-8-9-27(45-2)19-30(24)46-3;1-2-4-5-3-1;1-2/h4,6-9,11,14,16-19,22,40H,5,10,12-13,15,20-21H2,1-3H3;1-4H2;1-2H3/t33-;;/m0../s1. The Kier molecular flexibility index (Phi) is 16.2. The zero-order valence-electron chi connectivity index (χ0n) is 31.5. The lowest BCUT2D eigenvalue weighted by molar-refractivity contribution is -0.137. The molecule has 54 heavy (non-hydrogen) atoms. The van der Waals surface area contributed by atoms with Gasteiger partial charge in [-0.1, -0.05) is 32.0 Å². The minimum absolute atomic E-state index is 0.193. The molecule has 0 amide bonds. The molecule has 294 valence electrons. The number of benzene rings is 3. The van der Waals surface area contributed by atoms with E-state index in [1.54, 1.807) is 41.9 Å². The van der Waals surface area contributed by atoms with Gasteiger partial charge >= 0.3 is 6.18 Å². The van der Waals surface area contributed by atoms with E-state index in [1.807, 2.05) is 31.9 Å². The number of aromatic nitrogens is 2. The van der Waals surface area contributed by atoms with Gasteiger partial charge in [-0.05, 0) is 99.5 Å². The number of hydrogen-bond acceptors (Lipinski definition) is 9. The first-order chi connectivity index (χ1) is 26.0. The second-order valence-corrected chi connectivity index (χ2v) is 13.7. The monoisotopic (exact) mass is 775 g/mol. The van der Waals surface area contributed by atoms with Crippen LogP contribution in [0.5, 0.6) is 11.5 Å². The molecular weight excluding hydrogens is 726 g/mol. The normalized spacial score (nSPS) is 16.8. The van der Waals surface area contributed by atoms with Crippen LogP contribution in [0.4, 0.5) is 33.5 Å². The third-order valence-corrected chi connectivity index (χ3v) is 10.4. The van der Waals surface area contributed by atoms with Crippen molar-refractivity contribution in [2.24, 2.45) is 0 Å². The van der Waals surface area contributed by atoms with Crippen LogP contribution >= 0.6 is 11.9 Å². The van der Waals surface area contributed by atoms with Crippen molar-refractivity contribution in [1.82, 2.24) is 15.3 Å². The van der Waals surface area contributed by atoms with Crippen LogP contribution in [0.1, 0.15) is 62.6 Å². The van der Waals surface area contributed by atoms with Crippen molar-refractivity contribution >= 4 is 23.5 Å². The number of nitrogens with zero attached hydrogens (tertiary/aromatic N) is 4. The van der Waals surface area contributed by atoms with Gasteiger partial charge in [0.05, 0.1) is 26.3 Å². The number of aryl methyl sites for hydroxylation is 1. The van der Waals surface area contributed by atoms with Crippen molar-refractivity contribution < 1.29 is 36.2 Å². The van der Waals surface area contributed by atoms with Gasteiger partial charge in [-0.3, -0.25) is 4.31 Å². The molecule has 6 rings (SSSR count). The van der Waals surface area contributed by atoms with Gasteiger partial charge < -0.3 is 24.4 Å². The molecule has 1 N–H and O–H groups in total. The molecule has 0 bridgehead atoms. The summed E-state index contributed by atoms with van der Waals surface area (Å²) in [6.45, 7) is 7.24. The Bertz CT molecular complexity index is 1720. The highest BCUT2D eigenvalue weighted by Crippen LogP contribution is 2.38. The van der Waals surface area contributed by atoms with E-state index in [0.29, 0.717) is 54.5 Å². The maximum atomic E-state index is 15.8. The van der Waals surface area contributed by atoms with E-state index >= 15 is 8.78 Å². The van der Waals surface area contributed by atoms with Crippen LogP contribution in [0.25, 0.3) is 0 Å². The highest BCUT2D eigenvalue weighted by molar-refractivity contribution is 8.00. The Labute approximate surface area is 319 Å². The molecule has 0 radical (unpaired) electrons. The molecule has 0 unspecified atom stereocenters. The second-order valence-electron chi connectivity index (χ2n) is 12.7. The summed E-state index contributed by atoms with van der Waals surface area (Å²) in [6.07, 6.45) is 3.56. The highest BCUT2D eigenvalue weighted by atomic mass is 32.2. The summed E-state index contributed by atoms with van der Waals surface area (Å²) in [5, 5.41) is 3.36. The Morgan fingerprint density at radius 1 is 0.963 bits per heavy atom. The topological polar surface area (TPSA) is 72.0 Å². The predicted molar refractivity (Wildman–Crippen MR) is 204 cm³/mol. The smallest absolute Gasteiger partial charge is 0.416 e. The van der Waals surface area contributed by atoms with Crippen LogP contribution in [-0.2, 0) is 23.9 Å². The quantitative estimate of drug-likeness (QED) is 0.112. The highest BCUT2D eigenvalue weighted by Gasteiger charge is 2.35. The van der Waals surface area contributed by atoms with E-state index in [4.69, 9.17) is 14.2 Å². The van der Waals surface area contributed by atoms with E-state index in [2.05, 4.69) is 15.3 Å². The van der Waals surface area contributed by atoms with E-state index in [-0.39, 0.29) is 11.4 Å². The molecule has 2 saturated heterocycles. The van der Waals surface area contributed by atoms with Gasteiger partial charge in [-0.15, -0.1) is 0 Å². The molecule has 0 saturated carbocycles. The van der Waals surface area contributed by atoms with Gasteiger partial charge in [0, 0.05) is 55.4 Å². The van der Waals surface area contributed by atoms with Crippen molar-refractivity contribution in [2.45, 2.75) is 75.5 Å². The molecule has 14 heteroatoms. The van der Waals surface area contributed by atoms with Crippen LogP contribution in [0.2, 0.25) is 0 Å². The van der Waals surface area contributed by atoms with Crippen molar-refractivity contribution in [3.8, 4) is 11.5 Å². The summed E-state index contributed by atoms with van der Waals surface area (Å²) in [7, 11) is 4.90. The Balaban J connectivity index is 0.000000844. The molecule has 2 aliphatic rings. The number of rotatable bonds is 12. The number of methoxy groups -OCH3 is 2. The molecule has 2 fully saturated rings. The maximum absolute atomic E-state index is 15.8. The SMILES string of the molecule is C1CCOC1.CC.CN[C@]1(CCc2cccc(C(F)(F)F)c2)CCCN(c2cc(F)c(SN(Cc3ccc(OC)cc3OC)c3ccncn3)c(F)c2)C1. The predicted octanol–water partition coefficient (Wildman–Crippen LogP) is 9.52. The van der Waals surface area contributed by atoms with Gasteiger partial charge in [0.15, 0.2) is 0 Å². The lowest BCUT2D eigenvalue weighted by Crippen LogP contribution is -2.56. The average Bonchev–Trinajstić information content (AvgIpc) is 3.80. The van der Waals surface area contributed by atoms with Gasteiger partial charge in [0.1, 0.15) is 40.2 Å². The van der Waals surface area contributed by atoms with E-state index in [0.717, 1.165) is 49.6 Å². The van der Waals surface area contributed by atoms with Crippen molar-refractivity contribution in [3.05, 3.63) is 102 Å². The second kappa shape index (κ2) is 20.5. The fourth-order valence-electron chi connectivity index (χ4n) is 6.34. The third kappa shape index (κ3) is 11.7. The van der Waals surface area contributed by atoms with Crippen LogP contribution in [0.3, 0.4) is 0 Å². The summed E-state index contributed by atoms with van der Waals surface area (Å²) >= 11 is 0.883. The number of ether oxygens (including phenoxy) is 3. The Morgan fingerprint density at radius 3 is 2.30 bits per heavy atom. The van der Waals surface area contributed by atoms with Crippen LogP contribution in [0.15, 0.2) is 78.1 Å². The lowest BCUT2D eigenvalue weighted by atomic mass is 9.83. The zero-order valence-corrected chi connectivity index (χ0v) is 32.3. The molecule has 3 aromatic carbocycles. The molecule has 1 aromatic heterocycles. The molecule has 2 aliphatic heterocycles. The minimum Gasteiger partial charge on any atom is -0.497 e. The fourth-order valence-corrected chi connectivity index (χ4v) is 7.26. The molecule has 0 spiro atoms. The largest absolute Gasteiger partial charge is 0.497 e. The third-order valence-electron chi connectivity index (χ3n) is 9.26. The molecule has 4 aromatic rings. The number of nitrogens with one attached hydrogen (secondary N) is 1. The van der Waals surface area contributed by atoms with Gasteiger partial charge in [0.2, 0.25) is 0 Å². The van der Waals surface area contributed by atoms with Gasteiger partial charge in [0.25, 0.3) is 0 Å². The molecule has 1 atom stereocenters. The first-order valence-electron chi connectivity index (χ1n) is 18.1. The number of likely N-dealkylation sites (N-methyl/N-ethyl adjacent to an activating group) is 1. The van der Waals surface area contributed by atoms with Gasteiger partial charge in [-0.25, -0.2) is 18.7 Å². The van der Waals surface area contributed by atoms with E-state index in [1.165, 1.54) is 50.5 Å². The minimum atomic E-state index is -4.41. The summed E-state index contributed by atoms with van der Waals surface area (Å²) in [6, 6.07) is 15.0. The number of alkyl halides is 3. The maximum Gasteiger partial charge on any atom is 0.416 e. The van der Waals surface area contributed by atoms with Crippen LogP contribution < -0.4 is 24.0 Å². The molecule has 8 nitrogen and oxygen atoms in total. The molecular formula is C40H50F5N5O3S. The Morgan fingerprint density at radius 2 is 1.70 bits per heavy atom.